The van der Waals surface area contributed by atoms with Crippen molar-refractivity contribution in [2.75, 3.05) is 20.6 Å². The van der Waals surface area contributed by atoms with Gasteiger partial charge < -0.3 is 4.90 Å². The first-order valence-corrected chi connectivity index (χ1v) is 7.49. The van der Waals surface area contributed by atoms with Crippen LogP contribution in [0.4, 0.5) is 4.39 Å². The fraction of sp³-hybridized carbons (Fsp3) is 0.222. The van der Waals surface area contributed by atoms with Crippen molar-refractivity contribution in [3.63, 3.8) is 0 Å². The molecule has 1 aliphatic rings. The third-order valence-corrected chi connectivity index (χ3v) is 3.92. The molecule has 1 heterocycles. The number of hydrogen-bond acceptors (Lipinski definition) is 2. The van der Waals surface area contributed by atoms with E-state index in [2.05, 4.69) is 17.2 Å². The van der Waals surface area contributed by atoms with Crippen molar-refractivity contribution < 1.29 is 4.39 Å². The lowest BCUT2D eigenvalue weighted by Gasteiger charge is -2.22. The van der Waals surface area contributed by atoms with Gasteiger partial charge in [0.25, 0.3) is 0 Å². The highest BCUT2D eigenvalue weighted by Crippen LogP contribution is 2.29. The zero-order valence-corrected chi connectivity index (χ0v) is 13.2. The molecule has 1 unspecified atom stereocenters. The van der Waals surface area contributed by atoms with Gasteiger partial charge in [0.1, 0.15) is 5.82 Å². The molecule has 5 heteroatoms. The lowest BCUT2D eigenvalue weighted by Crippen LogP contribution is -2.35. The maximum absolute atomic E-state index is 13.2. The van der Waals surface area contributed by atoms with Gasteiger partial charge in [-0.2, -0.15) is 5.10 Å². The number of halogens is 1. The summed E-state index contributed by atoms with van der Waals surface area (Å²) in [5.74, 6) is 0.131. The molecule has 1 aliphatic heterocycles. The van der Waals surface area contributed by atoms with Crippen molar-refractivity contribution in [1.29, 1.82) is 5.41 Å². The van der Waals surface area contributed by atoms with Crippen molar-refractivity contribution in [1.82, 2.24) is 9.91 Å². The molecule has 0 saturated heterocycles. The van der Waals surface area contributed by atoms with Crippen LogP contribution in [-0.2, 0) is 0 Å². The largest absolute Gasteiger partial charge is 0.348 e. The molecule has 0 amide bonds. The van der Waals surface area contributed by atoms with Gasteiger partial charge in [0, 0.05) is 20.0 Å². The molecule has 1 N–H and O–H groups in total. The fourth-order valence-electron chi connectivity index (χ4n) is 2.69. The fourth-order valence-corrected chi connectivity index (χ4v) is 2.69. The second kappa shape index (κ2) is 6.20. The van der Waals surface area contributed by atoms with Gasteiger partial charge in [-0.05, 0) is 23.3 Å². The number of hydrogen-bond donors (Lipinski definition) is 1. The van der Waals surface area contributed by atoms with Gasteiger partial charge in [-0.25, -0.2) is 9.40 Å². The van der Waals surface area contributed by atoms with Crippen molar-refractivity contribution in [2.45, 2.75) is 5.92 Å². The molecule has 3 rings (SSSR count). The summed E-state index contributed by atoms with van der Waals surface area (Å²) in [6, 6.07) is 16.5. The molecule has 4 nitrogen and oxygen atoms in total. The summed E-state index contributed by atoms with van der Waals surface area (Å²) >= 11 is 0. The van der Waals surface area contributed by atoms with Crippen LogP contribution in [0, 0.1) is 11.2 Å². The van der Waals surface area contributed by atoms with Crippen LogP contribution in [0.1, 0.15) is 17.0 Å². The topological polar surface area (TPSA) is 42.7 Å². The maximum atomic E-state index is 13.2. The molecule has 118 valence electrons. The van der Waals surface area contributed by atoms with Gasteiger partial charge in [-0.15, -0.1) is 0 Å². The number of benzene rings is 2. The van der Waals surface area contributed by atoms with Crippen LogP contribution in [0.25, 0.3) is 0 Å². The van der Waals surface area contributed by atoms with Crippen molar-refractivity contribution >= 4 is 11.7 Å². The monoisotopic (exact) mass is 310 g/mol. The number of guanidine groups is 1. The molecular formula is C18H19FN4. The standard InChI is InChI=1S/C18H19FN4/c1-22(2)18(20)23-12-16(13-6-4-3-5-7-13)17(21-23)14-8-10-15(19)11-9-14/h3-11,16,20H,12H2,1-2H3. The van der Waals surface area contributed by atoms with E-state index in [1.54, 1.807) is 22.0 Å². The Hall–Kier alpha value is -2.69. The summed E-state index contributed by atoms with van der Waals surface area (Å²) in [5, 5.41) is 14.5. The van der Waals surface area contributed by atoms with Gasteiger partial charge in [-0.3, -0.25) is 5.41 Å². The van der Waals surface area contributed by atoms with E-state index in [1.165, 1.54) is 12.1 Å². The number of hydrazone groups is 1. The number of rotatable bonds is 2. The third-order valence-electron chi connectivity index (χ3n) is 3.92. The van der Waals surface area contributed by atoms with Gasteiger partial charge in [0.2, 0.25) is 5.96 Å². The average molecular weight is 310 g/mol. The minimum absolute atomic E-state index is 0.0574. The Kier molecular flexibility index (Phi) is 4.10. The zero-order chi connectivity index (χ0) is 16.4. The summed E-state index contributed by atoms with van der Waals surface area (Å²) in [5.41, 5.74) is 2.89. The number of nitrogens with one attached hydrogen (secondary N) is 1. The summed E-state index contributed by atoms with van der Waals surface area (Å²) < 4.78 is 13.2. The molecule has 0 bridgehead atoms. The summed E-state index contributed by atoms with van der Waals surface area (Å²) in [6.45, 7) is 0.605. The van der Waals surface area contributed by atoms with Crippen LogP contribution in [0.5, 0.6) is 0 Å². The van der Waals surface area contributed by atoms with Crippen molar-refractivity contribution in [3.8, 4) is 0 Å². The lowest BCUT2D eigenvalue weighted by molar-refractivity contribution is 0.399. The summed E-state index contributed by atoms with van der Waals surface area (Å²) in [6.07, 6.45) is 0. The highest BCUT2D eigenvalue weighted by Gasteiger charge is 2.31. The van der Waals surface area contributed by atoms with Crippen LogP contribution in [0.3, 0.4) is 0 Å². The Labute approximate surface area is 135 Å². The molecule has 1 atom stereocenters. The first-order chi connectivity index (χ1) is 11.1. The third kappa shape index (κ3) is 3.08. The van der Waals surface area contributed by atoms with Gasteiger partial charge in [0.05, 0.1) is 12.3 Å². The van der Waals surface area contributed by atoms with E-state index in [0.29, 0.717) is 12.5 Å². The van der Waals surface area contributed by atoms with Crippen molar-refractivity contribution in [2.24, 2.45) is 5.10 Å². The van der Waals surface area contributed by atoms with E-state index >= 15 is 0 Å². The predicted octanol–water partition coefficient (Wildman–Crippen LogP) is 3.13. The Morgan fingerprint density at radius 3 is 2.39 bits per heavy atom. The minimum atomic E-state index is -0.263. The van der Waals surface area contributed by atoms with Crippen molar-refractivity contribution in [3.05, 3.63) is 71.5 Å². The highest BCUT2D eigenvalue weighted by atomic mass is 19.1. The smallest absolute Gasteiger partial charge is 0.214 e. The van der Waals surface area contributed by atoms with E-state index in [9.17, 15) is 4.39 Å². The van der Waals surface area contributed by atoms with Crippen LogP contribution < -0.4 is 0 Å². The maximum Gasteiger partial charge on any atom is 0.214 e. The molecule has 0 saturated carbocycles. The average Bonchev–Trinajstić information content (AvgIpc) is 3.00. The molecule has 0 aromatic heterocycles. The molecule has 0 aliphatic carbocycles. The Morgan fingerprint density at radius 2 is 1.78 bits per heavy atom. The predicted molar refractivity (Wildman–Crippen MR) is 90.2 cm³/mol. The normalized spacial score (nSPS) is 17.1. The second-order valence-corrected chi connectivity index (χ2v) is 5.76. The van der Waals surface area contributed by atoms with Crippen LogP contribution >= 0.6 is 0 Å². The molecule has 0 fully saturated rings. The van der Waals surface area contributed by atoms with Crippen LogP contribution in [0.2, 0.25) is 0 Å². The Morgan fingerprint density at radius 1 is 1.13 bits per heavy atom. The van der Waals surface area contributed by atoms with Crippen LogP contribution in [-0.4, -0.2) is 42.2 Å². The second-order valence-electron chi connectivity index (χ2n) is 5.76. The van der Waals surface area contributed by atoms with Gasteiger partial charge in [0.15, 0.2) is 0 Å². The lowest BCUT2D eigenvalue weighted by atomic mass is 9.91. The van der Waals surface area contributed by atoms with E-state index in [0.717, 1.165) is 16.8 Å². The van der Waals surface area contributed by atoms with Crippen LogP contribution in [0.15, 0.2) is 59.7 Å². The first kappa shape index (κ1) is 15.2. The Bertz CT molecular complexity index is 722. The molecule has 0 spiro atoms. The van der Waals surface area contributed by atoms with Gasteiger partial charge >= 0.3 is 0 Å². The highest BCUT2D eigenvalue weighted by molar-refractivity contribution is 6.07. The molecular weight excluding hydrogens is 291 g/mol. The quantitative estimate of drug-likeness (QED) is 0.684. The Balaban J connectivity index is 2.00. The van der Waals surface area contributed by atoms with E-state index < -0.39 is 0 Å². The minimum Gasteiger partial charge on any atom is -0.348 e. The molecule has 2 aromatic rings. The molecule has 2 aromatic carbocycles. The van der Waals surface area contributed by atoms with E-state index in [1.807, 2.05) is 32.3 Å². The van der Waals surface area contributed by atoms with E-state index in [4.69, 9.17) is 5.41 Å². The SMILES string of the molecule is CN(C)C(=N)N1CC(c2ccccc2)C(c2ccc(F)cc2)=N1. The van der Waals surface area contributed by atoms with E-state index in [-0.39, 0.29) is 11.7 Å². The number of nitrogens with zero attached hydrogens (tertiary/aromatic N) is 3. The molecule has 0 radical (unpaired) electrons. The molecule has 23 heavy (non-hydrogen) atoms. The van der Waals surface area contributed by atoms with Gasteiger partial charge in [-0.1, -0.05) is 42.5 Å². The first-order valence-electron chi connectivity index (χ1n) is 7.49. The summed E-state index contributed by atoms with van der Waals surface area (Å²) in [4.78, 5) is 1.72. The zero-order valence-electron chi connectivity index (χ0n) is 13.2. The summed E-state index contributed by atoms with van der Waals surface area (Å²) in [7, 11) is 3.65.